The minimum absolute atomic E-state index is 0.00548. The average Bonchev–Trinajstić information content (AvgIpc) is 3.44. The van der Waals surface area contributed by atoms with Gasteiger partial charge in [-0.05, 0) is 61.4 Å². The number of halogens is 4. The summed E-state index contributed by atoms with van der Waals surface area (Å²) in [7, 11) is 0. The standard InChI is InChI=1S/C25H20BrF3N4O2S2/c1-3-21-30-13(2)22(37-21)19-12-36-24(32-19)33-20(34)10-14-8-15(11-17(26)9-14)23(35)31-18-6-4-16(5-7-18)25(27,28)29/h4-9,11-12H,3,10H2,1-2H3,(H,31,35)(H,32,33,34). The van der Waals surface area contributed by atoms with E-state index in [1.54, 1.807) is 29.5 Å². The van der Waals surface area contributed by atoms with Gasteiger partial charge in [-0.15, -0.1) is 22.7 Å². The van der Waals surface area contributed by atoms with Gasteiger partial charge in [0.2, 0.25) is 5.91 Å². The fourth-order valence-electron chi connectivity index (χ4n) is 3.45. The highest BCUT2D eigenvalue weighted by Gasteiger charge is 2.30. The minimum atomic E-state index is -4.46. The van der Waals surface area contributed by atoms with Gasteiger partial charge in [0, 0.05) is 21.1 Å². The summed E-state index contributed by atoms with van der Waals surface area (Å²) in [6.07, 6.45) is -3.62. The summed E-state index contributed by atoms with van der Waals surface area (Å²) >= 11 is 6.25. The van der Waals surface area contributed by atoms with Gasteiger partial charge in [0.05, 0.1) is 33.3 Å². The van der Waals surface area contributed by atoms with Crippen molar-refractivity contribution in [2.75, 3.05) is 10.6 Å². The molecule has 37 heavy (non-hydrogen) atoms. The number of rotatable bonds is 7. The molecule has 4 aromatic rings. The molecule has 2 N–H and O–H groups in total. The molecule has 0 atom stereocenters. The van der Waals surface area contributed by atoms with Crippen molar-refractivity contribution in [1.29, 1.82) is 0 Å². The normalized spacial score (nSPS) is 11.4. The Morgan fingerprint density at radius 3 is 2.43 bits per heavy atom. The van der Waals surface area contributed by atoms with Gasteiger partial charge in [-0.1, -0.05) is 22.9 Å². The van der Waals surface area contributed by atoms with Crippen LogP contribution in [-0.2, 0) is 23.8 Å². The van der Waals surface area contributed by atoms with Crippen LogP contribution in [-0.4, -0.2) is 21.8 Å². The first-order valence-corrected chi connectivity index (χ1v) is 13.5. The van der Waals surface area contributed by atoms with Gasteiger partial charge in [-0.25, -0.2) is 9.97 Å². The maximum absolute atomic E-state index is 12.8. The van der Waals surface area contributed by atoms with Crippen LogP contribution in [0.3, 0.4) is 0 Å². The second kappa shape index (κ2) is 11.1. The Morgan fingerprint density at radius 2 is 1.78 bits per heavy atom. The third kappa shape index (κ3) is 6.82. The maximum Gasteiger partial charge on any atom is 0.416 e. The molecule has 0 spiro atoms. The van der Waals surface area contributed by atoms with Gasteiger partial charge in [0.1, 0.15) is 0 Å². The number of alkyl halides is 3. The van der Waals surface area contributed by atoms with Crippen LogP contribution in [0.4, 0.5) is 24.0 Å². The molecule has 2 amide bonds. The third-order valence-electron chi connectivity index (χ3n) is 5.18. The average molecular weight is 609 g/mol. The van der Waals surface area contributed by atoms with Crippen LogP contribution in [0.25, 0.3) is 10.6 Å². The lowest BCUT2D eigenvalue weighted by molar-refractivity contribution is -0.137. The summed E-state index contributed by atoms with van der Waals surface area (Å²) in [6, 6.07) is 9.01. The Labute approximate surface area is 227 Å². The zero-order chi connectivity index (χ0) is 26.7. The Balaban J connectivity index is 1.41. The highest BCUT2D eigenvalue weighted by atomic mass is 79.9. The fraction of sp³-hybridized carbons (Fsp3) is 0.200. The van der Waals surface area contributed by atoms with Crippen LogP contribution < -0.4 is 10.6 Å². The van der Waals surface area contributed by atoms with E-state index in [0.717, 1.165) is 39.8 Å². The SMILES string of the molecule is CCc1nc(C)c(-c2csc(NC(=O)Cc3cc(Br)cc(C(=O)Nc4ccc(C(F)(F)F)cc4)c3)n2)s1. The topological polar surface area (TPSA) is 84.0 Å². The molecule has 0 aliphatic heterocycles. The number of anilines is 2. The molecule has 12 heteroatoms. The monoisotopic (exact) mass is 608 g/mol. The number of aromatic nitrogens is 2. The first-order valence-electron chi connectivity index (χ1n) is 11.0. The van der Waals surface area contributed by atoms with Crippen molar-refractivity contribution in [2.24, 2.45) is 0 Å². The van der Waals surface area contributed by atoms with Gasteiger partial charge < -0.3 is 10.6 Å². The van der Waals surface area contributed by atoms with E-state index in [4.69, 9.17) is 0 Å². The number of hydrogen-bond acceptors (Lipinski definition) is 6. The van der Waals surface area contributed by atoms with Gasteiger partial charge in [-0.3, -0.25) is 9.59 Å². The Morgan fingerprint density at radius 1 is 1.05 bits per heavy atom. The molecule has 0 saturated carbocycles. The molecule has 2 aromatic heterocycles. The van der Waals surface area contributed by atoms with Crippen molar-refractivity contribution >= 4 is 61.2 Å². The number of benzene rings is 2. The quantitative estimate of drug-likeness (QED) is 0.230. The van der Waals surface area contributed by atoms with E-state index < -0.39 is 17.6 Å². The number of hydrogen-bond donors (Lipinski definition) is 2. The van der Waals surface area contributed by atoms with Gasteiger partial charge in [-0.2, -0.15) is 13.2 Å². The number of amides is 2. The fourth-order valence-corrected chi connectivity index (χ4v) is 5.75. The second-order valence-electron chi connectivity index (χ2n) is 8.02. The Bertz CT molecular complexity index is 1450. The summed E-state index contributed by atoms with van der Waals surface area (Å²) in [6.45, 7) is 3.97. The molecule has 4 rings (SSSR count). The van der Waals surface area contributed by atoms with Crippen molar-refractivity contribution in [3.05, 3.63) is 79.7 Å². The van der Waals surface area contributed by atoms with Crippen molar-refractivity contribution in [2.45, 2.75) is 32.9 Å². The largest absolute Gasteiger partial charge is 0.416 e. The van der Waals surface area contributed by atoms with Crippen LogP contribution in [0.1, 0.15) is 39.1 Å². The summed E-state index contributed by atoms with van der Waals surface area (Å²) in [4.78, 5) is 35.4. The maximum atomic E-state index is 12.8. The van der Waals surface area contributed by atoms with Crippen LogP contribution in [0.5, 0.6) is 0 Å². The first-order chi connectivity index (χ1) is 17.5. The molecule has 0 unspecified atom stereocenters. The second-order valence-corrected chi connectivity index (χ2v) is 10.9. The summed E-state index contributed by atoms with van der Waals surface area (Å²) in [5.74, 6) is -0.818. The predicted octanol–water partition coefficient (Wildman–Crippen LogP) is 7.35. The van der Waals surface area contributed by atoms with Crippen LogP contribution in [0, 0.1) is 6.92 Å². The van der Waals surface area contributed by atoms with Crippen LogP contribution in [0.2, 0.25) is 0 Å². The first kappa shape index (κ1) is 27.0. The van der Waals surface area contributed by atoms with E-state index in [2.05, 4.69) is 36.5 Å². The Kier molecular flexibility index (Phi) is 8.10. The molecule has 0 bridgehead atoms. The van der Waals surface area contributed by atoms with E-state index in [9.17, 15) is 22.8 Å². The molecule has 0 fully saturated rings. The van der Waals surface area contributed by atoms with Crippen molar-refractivity contribution in [3.63, 3.8) is 0 Å². The molecule has 0 saturated heterocycles. The molecule has 0 radical (unpaired) electrons. The lowest BCUT2D eigenvalue weighted by atomic mass is 10.1. The molecule has 2 heterocycles. The summed E-state index contributed by atoms with van der Waals surface area (Å²) < 4.78 is 38.9. The van der Waals surface area contributed by atoms with E-state index in [1.165, 1.54) is 23.5 Å². The Hall–Kier alpha value is -3.09. The highest BCUT2D eigenvalue weighted by molar-refractivity contribution is 9.10. The molecule has 192 valence electrons. The molecule has 0 aliphatic carbocycles. The van der Waals surface area contributed by atoms with Crippen molar-refractivity contribution < 1.29 is 22.8 Å². The number of aryl methyl sites for hydroxylation is 2. The smallest absolute Gasteiger partial charge is 0.322 e. The lowest BCUT2D eigenvalue weighted by Gasteiger charge is -2.10. The lowest BCUT2D eigenvalue weighted by Crippen LogP contribution is -2.16. The molecule has 2 aromatic carbocycles. The van der Waals surface area contributed by atoms with E-state index in [1.807, 2.05) is 19.2 Å². The van der Waals surface area contributed by atoms with E-state index in [0.29, 0.717) is 15.2 Å². The zero-order valence-corrected chi connectivity index (χ0v) is 22.8. The molecular formula is C25H20BrF3N4O2S2. The van der Waals surface area contributed by atoms with Gasteiger partial charge in [0.15, 0.2) is 5.13 Å². The number of carbonyl (C=O) groups excluding carboxylic acids is 2. The third-order valence-corrected chi connectivity index (χ3v) is 7.72. The number of nitrogens with one attached hydrogen (secondary N) is 2. The van der Waals surface area contributed by atoms with Crippen molar-refractivity contribution in [1.82, 2.24) is 9.97 Å². The minimum Gasteiger partial charge on any atom is -0.322 e. The van der Waals surface area contributed by atoms with Gasteiger partial charge >= 0.3 is 6.18 Å². The summed E-state index contributed by atoms with van der Waals surface area (Å²) in [5.41, 5.74) is 1.91. The number of thiazole rings is 2. The van der Waals surface area contributed by atoms with Crippen LogP contribution in [0.15, 0.2) is 52.3 Å². The molecule has 6 nitrogen and oxygen atoms in total. The van der Waals surface area contributed by atoms with Crippen LogP contribution >= 0.6 is 38.6 Å². The van der Waals surface area contributed by atoms with E-state index in [-0.39, 0.29) is 23.6 Å². The number of carbonyl (C=O) groups is 2. The predicted molar refractivity (Wildman–Crippen MR) is 143 cm³/mol. The van der Waals surface area contributed by atoms with E-state index >= 15 is 0 Å². The van der Waals surface area contributed by atoms with Crippen molar-refractivity contribution in [3.8, 4) is 10.6 Å². The zero-order valence-electron chi connectivity index (χ0n) is 19.6. The molecule has 0 aliphatic rings. The number of nitrogens with zero attached hydrogens (tertiary/aromatic N) is 2. The highest BCUT2D eigenvalue weighted by Crippen LogP contribution is 2.33. The summed E-state index contributed by atoms with van der Waals surface area (Å²) in [5, 5.41) is 8.72. The molecular weight excluding hydrogens is 589 g/mol. The van der Waals surface area contributed by atoms with Gasteiger partial charge in [0.25, 0.3) is 5.91 Å².